The summed E-state index contributed by atoms with van der Waals surface area (Å²) >= 11 is 0. The largest absolute Gasteiger partial charge is 0.351 e. The number of rotatable bonds is 7. The molecule has 0 heterocycles. The molecule has 16 heavy (non-hydrogen) atoms. The Labute approximate surface area is 97.9 Å². The third kappa shape index (κ3) is 3.32. The fourth-order valence-electron chi connectivity index (χ4n) is 1.96. The highest BCUT2D eigenvalue weighted by Crippen LogP contribution is 2.35. The molecule has 0 aromatic rings. The summed E-state index contributed by atoms with van der Waals surface area (Å²) in [6.07, 6.45) is 4.17. The Balaban J connectivity index is 2.46. The number of carbonyl (C=O) groups is 1. The molecular weight excluding hydrogens is 202 g/mol. The van der Waals surface area contributed by atoms with Gasteiger partial charge in [-0.1, -0.05) is 6.08 Å². The monoisotopic (exact) mass is 225 g/mol. The van der Waals surface area contributed by atoms with Crippen molar-refractivity contribution in [1.29, 1.82) is 0 Å². The molecule has 2 unspecified atom stereocenters. The van der Waals surface area contributed by atoms with Gasteiger partial charge in [-0.3, -0.25) is 9.69 Å². The number of amides is 1. The summed E-state index contributed by atoms with van der Waals surface area (Å²) in [5.41, 5.74) is 5.76. The van der Waals surface area contributed by atoms with Gasteiger partial charge in [-0.25, -0.2) is 0 Å². The van der Waals surface area contributed by atoms with Gasteiger partial charge in [-0.05, 0) is 32.7 Å². The molecule has 0 aromatic carbocycles. The van der Waals surface area contributed by atoms with Crippen molar-refractivity contribution >= 4 is 5.91 Å². The van der Waals surface area contributed by atoms with E-state index in [2.05, 4.69) is 16.8 Å². The van der Waals surface area contributed by atoms with Crippen LogP contribution in [0.25, 0.3) is 0 Å². The summed E-state index contributed by atoms with van der Waals surface area (Å²) in [4.78, 5) is 13.9. The lowest BCUT2D eigenvalue weighted by Crippen LogP contribution is -2.50. The summed E-state index contributed by atoms with van der Waals surface area (Å²) in [6.45, 7) is 6.64. The smallest absolute Gasteiger partial charge is 0.237 e. The summed E-state index contributed by atoms with van der Waals surface area (Å²) in [5.74, 6) is 0.728. The van der Waals surface area contributed by atoms with E-state index in [1.165, 1.54) is 12.8 Å². The quantitative estimate of drug-likeness (QED) is 0.615. The molecule has 2 atom stereocenters. The first kappa shape index (κ1) is 13.2. The molecule has 1 amide bonds. The fourth-order valence-corrected chi connectivity index (χ4v) is 1.96. The highest BCUT2D eigenvalue weighted by molar-refractivity contribution is 5.81. The van der Waals surface area contributed by atoms with Gasteiger partial charge in [0.25, 0.3) is 0 Å². The molecule has 0 spiro atoms. The molecule has 0 radical (unpaired) electrons. The Morgan fingerprint density at radius 1 is 1.69 bits per heavy atom. The van der Waals surface area contributed by atoms with E-state index in [0.29, 0.717) is 25.0 Å². The second kappa shape index (κ2) is 6.01. The molecule has 0 aromatic heterocycles. The average Bonchev–Trinajstić information content (AvgIpc) is 3.10. The second-order valence-electron chi connectivity index (χ2n) is 4.52. The van der Waals surface area contributed by atoms with Gasteiger partial charge in [-0.2, -0.15) is 0 Å². The number of carbonyl (C=O) groups excluding carboxylic acids is 1. The first-order valence-corrected chi connectivity index (χ1v) is 5.92. The number of nitrogens with one attached hydrogen (secondary N) is 1. The Hall–Kier alpha value is -0.870. The van der Waals surface area contributed by atoms with E-state index >= 15 is 0 Å². The lowest BCUT2D eigenvalue weighted by molar-refractivity contribution is -0.126. The number of likely N-dealkylation sites (N-methyl/N-ethyl adjacent to an activating group) is 1. The van der Waals surface area contributed by atoms with Crippen LogP contribution in [0.1, 0.15) is 19.8 Å². The van der Waals surface area contributed by atoms with Crippen molar-refractivity contribution in [2.45, 2.75) is 31.8 Å². The number of hydrogen-bond donors (Lipinski definition) is 2. The van der Waals surface area contributed by atoms with Crippen LogP contribution in [0.5, 0.6) is 0 Å². The first-order valence-electron chi connectivity index (χ1n) is 5.92. The number of nitrogens with zero attached hydrogens (tertiary/aromatic N) is 1. The second-order valence-corrected chi connectivity index (χ2v) is 4.52. The van der Waals surface area contributed by atoms with E-state index in [4.69, 9.17) is 5.73 Å². The standard InChI is InChI=1S/C12H23N3O/c1-4-7-14-12(16)9(2)15(3)11(8-13)10-5-6-10/h4,9-11H,1,5-8,13H2,2-3H3,(H,14,16). The molecule has 1 saturated carbocycles. The van der Waals surface area contributed by atoms with E-state index in [1.54, 1.807) is 6.08 Å². The summed E-state index contributed by atoms with van der Waals surface area (Å²) in [6, 6.07) is 0.207. The Morgan fingerprint density at radius 2 is 2.31 bits per heavy atom. The van der Waals surface area contributed by atoms with Crippen LogP contribution < -0.4 is 11.1 Å². The maximum Gasteiger partial charge on any atom is 0.237 e. The predicted molar refractivity (Wildman–Crippen MR) is 66.0 cm³/mol. The molecule has 92 valence electrons. The van der Waals surface area contributed by atoms with Crippen molar-refractivity contribution in [3.05, 3.63) is 12.7 Å². The fraction of sp³-hybridized carbons (Fsp3) is 0.750. The molecule has 4 heteroatoms. The maximum atomic E-state index is 11.8. The first-order chi connectivity index (χ1) is 7.61. The van der Waals surface area contributed by atoms with Gasteiger partial charge in [0, 0.05) is 19.1 Å². The summed E-state index contributed by atoms with van der Waals surface area (Å²) in [5, 5.41) is 2.81. The van der Waals surface area contributed by atoms with Gasteiger partial charge in [-0.15, -0.1) is 6.58 Å². The van der Waals surface area contributed by atoms with E-state index in [9.17, 15) is 4.79 Å². The lowest BCUT2D eigenvalue weighted by Gasteiger charge is -2.31. The van der Waals surface area contributed by atoms with Crippen LogP contribution in [-0.4, -0.2) is 43.0 Å². The van der Waals surface area contributed by atoms with Crippen LogP contribution >= 0.6 is 0 Å². The van der Waals surface area contributed by atoms with Gasteiger partial charge in [0.1, 0.15) is 0 Å². The van der Waals surface area contributed by atoms with Gasteiger partial charge >= 0.3 is 0 Å². The molecule has 0 saturated heterocycles. The SMILES string of the molecule is C=CCNC(=O)C(C)N(C)C(CN)C1CC1. The van der Waals surface area contributed by atoms with Crippen LogP contribution in [-0.2, 0) is 4.79 Å². The van der Waals surface area contributed by atoms with Crippen molar-refractivity contribution < 1.29 is 4.79 Å². The Kier molecular flexibility index (Phi) is 4.96. The van der Waals surface area contributed by atoms with Crippen LogP contribution in [0.2, 0.25) is 0 Å². The van der Waals surface area contributed by atoms with Crippen molar-refractivity contribution in [3.8, 4) is 0 Å². The normalized spacial score (nSPS) is 19.2. The van der Waals surface area contributed by atoms with Crippen LogP contribution in [0.3, 0.4) is 0 Å². The molecule has 1 rings (SSSR count). The van der Waals surface area contributed by atoms with Gasteiger partial charge < -0.3 is 11.1 Å². The van der Waals surface area contributed by atoms with Gasteiger partial charge in [0.05, 0.1) is 6.04 Å². The van der Waals surface area contributed by atoms with E-state index in [-0.39, 0.29) is 11.9 Å². The van der Waals surface area contributed by atoms with Gasteiger partial charge in [0.2, 0.25) is 5.91 Å². The molecule has 1 aliphatic carbocycles. The summed E-state index contributed by atoms with van der Waals surface area (Å²) < 4.78 is 0. The van der Waals surface area contributed by atoms with Gasteiger partial charge in [0.15, 0.2) is 0 Å². The third-order valence-corrected chi connectivity index (χ3v) is 3.34. The number of hydrogen-bond acceptors (Lipinski definition) is 3. The zero-order valence-corrected chi connectivity index (χ0v) is 10.3. The van der Waals surface area contributed by atoms with Crippen LogP contribution in [0, 0.1) is 5.92 Å². The molecule has 0 aliphatic heterocycles. The molecule has 0 bridgehead atoms. The van der Waals surface area contributed by atoms with Crippen molar-refractivity contribution in [2.24, 2.45) is 11.7 Å². The van der Waals surface area contributed by atoms with Crippen molar-refractivity contribution in [1.82, 2.24) is 10.2 Å². The molecular formula is C12H23N3O. The molecule has 1 aliphatic rings. The Morgan fingerprint density at radius 3 is 2.75 bits per heavy atom. The number of nitrogens with two attached hydrogens (primary N) is 1. The van der Waals surface area contributed by atoms with E-state index in [0.717, 1.165) is 0 Å². The highest BCUT2D eigenvalue weighted by Gasteiger charge is 2.35. The topological polar surface area (TPSA) is 58.4 Å². The van der Waals surface area contributed by atoms with E-state index < -0.39 is 0 Å². The maximum absolute atomic E-state index is 11.8. The average molecular weight is 225 g/mol. The van der Waals surface area contributed by atoms with Crippen molar-refractivity contribution in [2.75, 3.05) is 20.1 Å². The third-order valence-electron chi connectivity index (χ3n) is 3.34. The Bertz CT molecular complexity index is 251. The minimum Gasteiger partial charge on any atom is -0.351 e. The zero-order valence-electron chi connectivity index (χ0n) is 10.3. The molecule has 3 N–H and O–H groups in total. The summed E-state index contributed by atoms with van der Waals surface area (Å²) in [7, 11) is 1.98. The molecule has 4 nitrogen and oxygen atoms in total. The van der Waals surface area contributed by atoms with Crippen LogP contribution in [0.15, 0.2) is 12.7 Å². The predicted octanol–water partition coefficient (Wildman–Crippen LogP) is 0.346. The lowest BCUT2D eigenvalue weighted by atomic mass is 10.1. The highest BCUT2D eigenvalue weighted by atomic mass is 16.2. The van der Waals surface area contributed by atoms with E-state index in [1.807, 2.05) is 14.0 Å². The minimum atomic E-state index is -0.130. The molecule has 1 fully saturated rings. The van der Waals surface area contributed by atoms with Crippen LogP contribution in [0.4, 0.5) is 0 Å². The van der Waals surface area contributed by atoms with Crippen molar-refractivity contribution in [3.63, 3.8) is 0 Å². The minimum absolute atomic E-state index is 0.0431. The zero-order chi connectivity index (χ0) is 12.1.